The van der Waals surface area contributed by atoms with Gasteiger partial charge in [0.25, 0.3) is 0 Å². The highest BCUT2D eigenvalue weighted by Gasteiger charge is 2.51. The minimum atomic E-state index is 0.389. The van der Waals surface area contributed by atoms with Crippen LogP contribution in [0.2, 0.25) is 0 Å². The monoisotopic (exact) mass is 745 g/mol. The lowest BCUT2D eigenvalue weighted by molar-refractivity contribution is 0.126. The van der Waals surface area contributed by atoms with Gasteiger partial charge in [0.2, 0.25) is 0 Å². The highest BCUT2D eigenvalue weighted by atomic mass is 15.3. The van der Waals surface area contributed by atoms with Crippen molar-refractivity contribution in [2.24, 2.45) is 29.6 Å². The summed E-state index contributed by atoms with van der Waals surface area (Å²) in [4.78, 5) is 5.84. The summed E-state index contributed by atoms with van der Waals surface area (Å²) in [6, 6.07) is 22.4. The van der Waals surface area contributed by atoms with E-state index in [1.54, 1.807) is 11.1 Å². The average Bonchev–Trinajstić information content (AvgIpc) is 3.62. The third-order valence-electron chi connectivity index (χ3n) is 16.4. The summed E-state index contributed by atoms with van der Waals surface area (Å²) >= 11 is 0. The Morgan fingerprint density at radius 2 is 1.21 bits per heavy atom. The summed E-state index contributed by atoms with van der Waals surface area (Å²) in [6.07, 6.45) is 52.7. The van der Waals surface area contributed by atoms with E-state index < -0.39 is 0 Å². The van der Waals surface area contributed by atoms with Crippen LogP contribution in [0.1, 0.15) is 145 Å². The molecule has 0 aromatic heterocycles. The number of rotatable bonds is 8. The van der Waals surface area contributed by atoms with Crippen molar-refractivity contribution >= 4 is 11.4 Å². The van der Waals surface area contributed by atoms with E-state index in [0.717, 1.165) is 42.1 Å². The predicted octanol–water partition coefficient (Wildman–Crippen LogP) is 14.1. The molecule has 56 heavy (non-hydrogen) atoms. The molecule has 3 fully saturated rings. The molecule has 2 nitrogen and oxygen atoms in total. The lowest BCUT2D eigenvalue weighted by atomic mass is 9.68. The van der Waals surface area contributed by atoms with Gasteiger partial charge in [0.1, 0.15) is 0 Å². The lowest BCUT2D eigenvalue weighted by Gasteiger charge is -2.46. The van der Waals surface area contributed by atoms with Crippen molar-refractivity contribution in [3.05, 3.63) is 132 Å². The average molecular weight is 745 g/mol. The molecule has 0 amide bonds. The van der Waals surface area contributed by atoms with Crippen LogP contribution in [0, 0.1) is 29.6 Å². The molecule has 0 radical (unpaired) electrons. The molecule has 8 aliphatic rings. The van der Waals surface area contributed by atoms with Crippen LogP contribution in [0.4, 0.5) is 11.4 Å². The topological polar surface area (TPSA) is 6.48 Å². The maximum Gasteiger partial charge on any atom is 0.0413 e. The van der Waals surface area contributed by atoms with Crippen LogP contribution in [-0.4, -0.2) is 29.1 Å². The minimum absolute atomic E-state index is 0.389. The minimum Gasteiger partial charge on any atom is -0.338 e. The van der Waals surface area contributed by atoms with Gasteiger partial charge in [-0.05, 0) is 161 Å². The molecule has 1 heterocycles. The van der Waals surface area contributed by atoms with Crippen molar-refractivity contribution in [1.29, 1.82) is 0 Å². The van der Waals surface area contributed by atoms with E-state index in [0.29, 0.717) is 30.0 Å². The number of anilines is 2. The summed E-state index contributed by atoms with van der Waals surface area (Å²) < 4.78 is 0. The molecule has 7 aliphatic carbocycles. The van der Waals surface area contributed by atoms with Crippen LogP contribution in [0.25, 0.3) is 0 Å². The van der Waals surface area contributed by atoms with Crippen LogP contribution in [-0.2, 0) is 0 Å². The van der Waals surface area contributed by atoms with Gasteiger partial charge in [-0.3, -0.25) is 4.90 Å². The Morgan fingerprint density at radius 1 is 0.500 bits per heavy atom. The van der Waals surface area contributed by atoms with Gasteiger partial charge in [-0.2, -0.15) is 0 Å². The number of hydrogen-bond donors (Lipinski definition) is 0. The predicted molar refractivity (Wildman–Crippen MR) is 236 cm³/mol. The SMILES string of the molecule is C1=CC(c2ccc(N(c3ccc(C4CCCCC4)cc3)C3CC=C(C4CC=CCC4)CC3C3CC=CCC3)cc2)C(N2C3C=CCCC3C3CCCCC32)C=C1. The van der Waals surface area contributed by atoms with Crippen molar-refractivity contribution < 1.29 is 0 Å². The Bertz CT molecular complexity index is 1820. The number of hydrogen-bond acceptors (Lipinski definition) is 2. The summed E-state index contributed by atoms with van der Waals surface area (Å²) in [5.74, 6) is 5.01. The van der Waals surface area contributed by atoms with Gasteiger partial charge < -0.3 is 4.90 Å². The fraction of sp³-hybridized carbons (Fsp3) is 0.556. The molecular weight excluding hydrogens is 677 g/mol. The molecule has 1 aliphatic heterocycles. The number of benzene rings is 2. The zero-order valence-corrected chi connectivity index (χ0v) is 34.1. The number of likely N-dealkylation sites (tertiary alicyclic amines) is 1. The second-order valence-electron chi connectivity index (χ2n) is 19.3. The fourth-order valence-corrected chi connectivity index (χ4v) is 13.6. The normalized spacial score (nSPS) is 35.9. The molecule has 1 saturated heterocycles. The first-order valence-electron chi connectivity index (χ1n) is 23.6. The van der Waals surface area contributed by atoms with E-state index in [2.05, 4.69) is 125 Å². The van der Waals surface area contributed by atoms with Crippen molar-refractivity contribution in [2.45, 2.75) is 158 Å². The Balaban J connectivity index is 0.988. The second kappa shape index (κ2) is 16.9. The van der Waals surface area contributed by atoms with Gasteiger partial charge in [-0.1, -0.05) is 129 Å². The molecule has 0 bridgehead atoms. The summed E-state index contributed by atoms with van der Waals surface area (Å²) in [5.41, 5.74) is 7.59. The molecule has 0 N–H and O–H groups in total. The van der Waals surface area contributed by atoms with Crippen LogP contribution in [0.15, 0.2) is 121 Å². The standard InChI is InChI=1S/C54H68N2/c1-4-16-39(17-5-1)41-28-33-45(34-29-41)55(54-37-32-44(40-18-6-2-7-19-40)38-50(54)42-20-8-3-9-21-42)46-35-30-43(31-36-46)47-22-10-13-25-51(47)56-52-26-14-11-23-48(52)49-24-12-15-27-53(49)56/h2-3,6,8,10,13-14,22,25-26,28-36,39-40,42,47-54H,1,4-5,7,9,11-12,15-21,23-24,27,37-38H2. The summed E-state index contributed by atoms with van der Waals surface area (Å²) in [7, 11) is 0. The molecule has 2 aromatic carbocycles. The Kier molecular flexibility index (Phi) is 11.1. The van der Waals surface area contributed by atoms with Gasteiger partial charge in [0, 0.05) is 41.5 Å². The van der Waals surface area contributed by atoms with Crippen LogP contribution < -0.4 is 4.90 Å². The third kappa shape index (κ3) is 7.31. The maximum absolute atomic E-state index is 3.01. The van der Waals surface area contributed by atoms with E-state index in [1.807, 2.05) is 0 Å². The van der Waals surface area contributed by atoms with Crippen molar-refractivity contribution in [3.8, 4) is 0 Å². The smallest absolute Gasteiger partial charge is 0.0413 e. The Hall–Kier alpha value is -3.36. The van der Waals surface area contributed by atoms with Crippen molar-refractivity contribution in [3.63, 3.8) is 0 Å². The Morgan fingerprint density at radius 3 is 1.98 bits per heavy atom. The van der Waals surface area contributed by atoms with E-state index in [1.165, 1.54) is 133 Å². The quantitative estimate of drug-likeness (QED) is 0.248. The van der Waals surface area contributed by atoms with Crippen molar-refractivity contribution in [2.75, 3.05) is 4.90 Å². The maximum atomic E-state index is 3.01. The largest absolute Gasteiger partial charge is 0.338 e. The summed E-state index contributed by atoms with van der Waals surface area (Å²) in [5, 5.41) is 0. The van der Waals surface area contributed by atoms with E-state index in [-0.39, 0.29) is 0 Å². The first kappa shape index (κ1) is 36.9. The van der Waals surface area contributed by atoms with Crippen LogP contribution in [0.5, 0.6) is 0 Å². The molecule has 0 spiro atoms. The zero-order valence-electron chi connectivity index (χ0n) is 34.1. The first-order valence-corrected chi connectivity index (χ1v) is 23.6. The highest BCUT2D eigenvalue weighted by Crippen LogP contribution is 2.51. The molecule has 2 heteroatoms. The molecule has 10 unspecified atom stereocenters. The van der Waals surface area contributed by atoms with Gasteiger partial charge in [-0.25, -0.2) is 0 Å². The second-order valence-corrected chi connectivity index (χ2v) is 19.3. The third-order valence-corrected chi connectivity index (χ3v) is 16.4. The molecule has 10 rings (SSSR count). The molecule has 2 saturated carbocycles. The number of nitrogens with zero attached hydrogens (tertiary/aromatic N) is 2. The summed E-state index contributed by atoms with van der Waals surface area (Å²) in [6.45, 7) is 0. The fourth-order valence-electron chi connectivity index (χ4n) is 13.6. The zero-order chi connectivity index (χ0) is 37.3. The lowest BCUT2D eigenvalue weighted by Crippen LogP contribution is -2.47. The molecule has 294 valence electrons. The van der Waals surface area contributed by atoms with Gasteiger partial charge in [0.05, 0.1) is 0 Å². The van der Waals surface area contributed by atoms with Gasteiger partial charge in [-0.15, -0.1) is 0 Å². The van der Waals surface area contributed by atoms with Crippen molar-refractivity contribution in [1.82, 2.24) is 4.90 Å². The number of fused-ring (bicyclic) bond motifs is 3. The molecular formula is C54H68N2. The molecule has 2 aromatic rings. The first-order chi connectivity index (χ1) is 27.8. The van der Waals surface area contributed by atoms with Gasteiger partial charge in [0.15, 0.2) is 0 Å². The number of allylic oxidation sites excluding steroid dienone is 8. The van der Waals surface area contributed by atoms with Gasteiger partial charge >= 0.3 is 0 Å². The highest BCUT2D eigenvalue weighted by molar-refractivity contribution is 5.66. The van der Waals surface area contributed by atoms with Crippen LogP contribution in [0.3, 0.4) is 0 Å². The Labute approximate surface area is 339 Å². The van der Waals surface area contributed by atoms with E-state index in [4.69, 9.17) is 0 Å². The van der Waals surface area contributed by atoms with E-state index >= 15 is 0 Å². The van der Waals surface area contributed by atoms with Crippen LogP contribution >= 0.6 is 0 Å². The molecule has 10 atom stereocenters. The van der Waals surface area contributed by atoms with E-state index in [9.17, 15) is 0 Å².